The van der Waals surface area contributed by atoms with Crippen molar-refractivity contribution in [3.8, 4) is 0 Å². The fourth-order valence-electron chi connectivity index (χ4n) is 3.05. The van der Waals surface area contributed by atoms with Gasteiger partial charge < -0.3 is 4.74 Å². The van der Waals surface area contributed by atoms with E-state index in [0.29, 0.717) is 18.2 Å². The molecule has 0 aliphatic carbocycles. The molecular formula is C19H22Cl2N2O3S. The van der Waals surface area contributed by atoms with Crippen molar-refractivity contribution >= 4 is 33.2 Å². The standard InChI is InChI=1S/C19H22Cl2N2O3S/c1-14-2-4-15(5-3-14)19(23-8-10-26-11-9-23)13-22-27(24,25)16-6-7-17(20)18(21)12-16/h2-7,12,19,22H,8-11,13H2,1H3. The maximum absolute atomic E-state index is 12.7. The minimum absolute atomic E-state index is 0.0768. The lowest BCUT2D eigenvalue weighted by Gasteiger charge is -2.35. The minimum atomic E-state index is -3.70. The van der Waals surface area contributed by atoms with Gasteiger partial charge >= 0.3 is 0 Å². The first kappa shape index (κ1) is 20.6. The number of ether oxygens (including phenoxy) is 1. The van der Waals surface area contributed by atoms with E-state index in [4.69, 9.17) is 27.9 Å². The molecule has 1 aliphatic heterocycles. The number of hydrogen-bond donors (Lipinski definition) is 1. The van der Waals surface area contributed by atoms with Crippen molar-refractivity contribution in [3.63, 3.8) is 0 Å². The van der Waals surface area contributed by atoms with E-state index < -0.39 is 10.0 Å². The number of sulfonamides is 1. The number of benzene rings is 2. The molecule has 1 fully saturated rings. The third-order valence-corrected chi connectivity index (χ3v) is 6.78. The summed E-state index contributed by atoms with van der Waals surface area (Å²) >= 11 is 11.9. The van der Waals surface area contributed by atoms with Gasteiger partial charge in [0.2, 0.25) is 10.0 Å². The molecule has 1 N–H and O–H groups in total. The van der Waals surface area contributed by atoms with Crippen LogP contribution in [0.2, 0.25) is 10.0 Å². The molecule has 0 spiro atoms. The van der Waals surface area contributed by atoms with Crippen LogP contribution in [0, 0.1) is 6.92 Å². The molecule has 1 saturated heterocycles. The van der Waals surface area contributed by atoms with E-state index in [-0.39, 0.29) is 22.5 Å². The third kappa shape index (κ3) is 5.22. The highest BCUT2D eigenvalue weighted by atomic mass is 35.5. The van der Waals surface area contributed by atoms with Gasteiger partial charge in [0, 0.05) is 25.7 Å². The molecule has 0 saturated carbocycles. The van der Waals surface area contributed by atoms with Crippen LogP contribution in [-0.2, 0) is 14.8 Å². The Morgan fingerprint density at radius 2 is 1.74 bits per heavy atom. The highest BCUT2D eigenvalue weighted by molar-refractivity contribution is 7.89. The smallest absolute Gasteiger partial charge is 0.240 e. The molecule has 1 unspecified atom stereocenters. The van der Waals surface area contributed by atoms with Gasteiger partial charge in [-0.15, -0.1) is 0 Å². The fraction of sp³-hybridized carbons (Fsp3) is 0.368. The van der Waals surface area contributed by atoms with Crippen LogP contribution in [0.15, 0.2) is 47.4 Å². The molecule has 3 rings (SSSR count). The lowest BCUT2D eigenvalue weighted by Crippen LogP contribution is -2.43. The van der Waals surface area contributed by atoms with Crippen molar-refractivity contribution in [1.29, 1.82) is 0 Å². The second-order valence-corrected chi connectivity index (χ2v) is 9.08. The van der Waals surface area contributed by atoms with Gasteiger partial charge in [0.05, 0.1) is 28.2 Å². The van der Waals surface area contributed by atoms with Crippen LogP contribution in [0.25, 0.3) is 0 Å². The van der Waals surface area contributed by atoms with E-state index >= 15 is 0 Å². The summed E-state index contributed by atoms with van der Waals surface area (Å²) < 4.78 is 33.6. The van der Waals surface area contributed by atoms with Crippen molar-refractivity contribution in [3.05, 3.63) is 63.6 Å². The van der Waals surface area contributed by atoms with Crippen LogP contribution < -0.4 is 4.72 Å². The zero-order valence-electron chi connectivity index (χ0n) is 15.0. The molecule has 1 aliphatic rings. The summed E-state index contributed by atoms with van der Waals surface area (Å²) in [5.74, 6) is 0. The van der Waals surface area contributed by atoms with Crippen molar-refractivity contribution < 1.29 is 13.2 Å². The first-order chi connectivity index (χ1) is 12.9. The molecule has 1 heterocycles. The molecule has 2 aromatic rings. The first-order valence-electron chi connectivity index (χ1n) is 8.70. The molecule has 1 atom stereocenters. The Bertz CT molecular complexity index is 882. The molecular weight excluding hydrogens is 407 g/mol. The van der Waals surface area contributed by atoms with Gasteiger partial charge in [-0.05, 0) is 30.7 Å². The summed E-state index contributed by atoms with van der Waals surface area (Å²) in [6, 6.07) is 12.4. The monoisotopic (exact) mass is 428 g/mol. The summed E-state index contributed by atoms with van der Waals surface area (Å²) in [5.41, 5.74) is 2.23. The van der Waals surface area contributed by atoms with Gasteiger partial charge in [-0.3, -0.25) is 4.90 Å². The zero-order chi connectivity index (χ0) is 19.4. The highest BCUT2D eigenvalue weighted by Crippen LogP contribution is 2.26. The Kier molecular flexibility index (Phi) is 6.78. The number of hydrogen-bond acceptors (Lipinski definition) is 4. The number of aryl methyl sites for hydroxylation is 1. The Morgan fingerprint density at radius 1 is 1.07 bits per heavy atom. The molecule has 2 aromatic carbocycles. The number of nitrogens with one attached hydrogen (secondary N) is 1. The maximum atomic E-state index is 12.7. The molecule has 0 bridgehead atoms. The van der Waals surface area contributed by atoms with Crippen LogP contribution in [0.1, 0.15) is 17.2 Å². The minimum Gasteiger partial charge on any atom is -0.379 e. The molecule has 5 nitrogen and oxygen atoms in total. The van der Waals surface area contributed by atoms with Crippen LogP contribution in [0.5, 0.6) is 0 Å². The summed E-state index contributed by atoms with van der Waals surface area (Å²) in [6.45, 7) is 5.08. The van der Waals surface area contributed by atoms with Crippen molar-refractivity contribution in [2.75, 3.05) is 32.8 Å². The largest absolute Gasteiger partial charge is 0.379 e. The van der Waals surface area contributed by atoms with E-state index in [1.165, 1.54) is 18.2 Å². The van der Waals surface area contributed by atoms with Gasteiger partial charge in [0.1, 0.15) is 0 Å². The Balaban J connectivity index is 1.80. The van der Waals surface area contributed by atoms with E-state index in [9.17, 15) is 8.42 Å². The Labute approximate surface area is 170 Å². The third-order valence-electron chi connectivity index (χ3n) is 4.62. The maximum Gasteiger partial charge on any atom is 0.240 e. The second kappa shape index (κ2) is 8.90. The normalized spacial score (nSPS) is 17.0. The van der Waals surface area contributed by atoms with E-state index in [1.807, 2.05) is 31.2 Å². The van der Waals surface area contributed by atoms with Gasteiger partial charge in [0.25, 0.3) is 0 Å². The van der Waals surface area contributed by atoms with Gasteiger partial charge in [-0.25, -0.2) is 13.1 Å². The summed E-state index contributed by atoms with van der Waals surface area (Å²) in [4.78, 5) is 2.34. The quantitative estimate of drug-likeness (QED) is 0.762. The van der Waals surface area contributed by atoms with Crippen molar-refractivity contribution in [1.82, 2.24) is 9.62 Å². The van der Waals surface area contributed by atoms with Gasteiger partial charge in [-0.2, -0.15) is 0 Å². The predicted molar refractivity (Wildman–Crippen MR) is 108 cm³/mol. The molecule has 27 heavy (non-hydrogen) atoms. The molecule has 0 amide bonds. The fourth-order valence-corrected chi connectivity index (χ4v) is 4.48. The number of nitrogens with zero attached hydrogens (tertiary/aromatic N) is 1. The van der Waals surface area contributed by atoms with E-state index in [1.54, 1.807) is 0 Å². The molecule has 0 radical (unpaired) electrons. The van der Waals surface area contributed by atoms with Crippen molar-refractivity contribution in [2.24, 2.45) is 0 Å². The summed E-state index contributed by atoms with van der Waals surface area (Å²) in [6.07, 6.45) is 0. The SMILES string of the molecule is Cc1ccc(C(CNS(=O)(=O)c2ccc(Cl)c(Cl)c2)N2CCOCC2)cc1. The van der Waals surface area contributed by atoms with Crippen molar-refractivity contribution in [2.45, 2.75) is 17.9 Å². The van der Waals surface area contributed by atoms with Crippen LogP contribution in [-0.4, -0.2) is 46.2 Å². The summed E-state index contributed by atoms with van der Waals surface area (Å²) in [7, 11) is -3.70. The Morgan fingerprint density at radius 3 is 2.37 bits per heavy atom. The molecule has 8 heteroatoms. The van der Waals surface area contributed by atoms with E-state index in [2.05, 4.69) is 9.62 Å². The number of rotatable bonds is 6. The number of halogens is 2. The number of morpholine rings is 1. The molecule has 0 aromatic heterocycles. The predicted octanol–water partition coefficient (Wildman–Crippen LogP) is 3.65. The van der Waals surface area contributed by atoms with Crippen LogP contribution in [0.4, 0.5) is 0 Å². The average Bonchev–Trinajstić information content (AvgIpc) is 2.66. The molecule has 146 valence electrons. The van der Waals surface area contributed by atoms with Crippen LogP contribution >= 0.6 is 23.2 Å². The van der Waals surface area contributed by atoms with Gasteiger partial charge in [0.15, 0.2) is 0 Å². The topological polar surface area (TPSA) is 58.6 Å². The zero-order valence-corrected chi connectivity index (χ0v) is 17.3. The summed E-state index contributed by atoms with van der Waals surface area (Å²) in [5, 5.41) is 0.532. The van der Waals surface area contributed by atoms with Crippen LogP contribution in [0.3, 0.4) is 0 Å². The lowest BCUT2D eigenvalue weighted by molar-refractivity contribution is 0.0172. The lowest BCUT2D eigenvalue weighted by atomic mass is 10.0. The highest BCUT2D eigenvalue weighted by Gasteiger charge is 2.25. The second-order valence-electron chi connectivity index (χ2n) is 6.50. The van der Waals surface area contributed by atoms with Gasteiger partial charge in [-0.1, -0.05) is 53.0 Å². The Hall–Kier alpha value is -1.15. The average molecular weight is 429 g/mol. The van der Waals surface area contributed by atoms with E-state index in [0.717, 1.165) is 24.2 Å². The first-order valence-corrected chi connectivity index (χ1v) is 10.9.